The minimum Gasteiger partial charge on any atom is -0.493 e. The van der Waals surface area contributed by atoms with Crippen LogP contribution in [0.25, 0.3) is 6.08 Å². The molecule has 0 N–H and O–H groups in total. The van der Waals surface area contributed by atoms with E-state index in [2.05, 4.69) is 0 Å². The molecule has 0 radical (unpaired) electrons. The van der Waals surface area contributed by atoms with Crippen LogP contribution in [0.15, 0.2) is 48.5 Å². The van der Waals surface area contributed by atoms with Crippen LogP contribution in [0, 0.1) is 5.82 Å². The van der Waals surface area contributed by atoms with Gasteiger partial charge in [-0.25, -0.2) is 4.39 Å². The standard InChI is InChI=1S/C17H15FO3/c1-20-16-9-7-13(11-17(16)21-2)15(19)8-6-12-4-3-5-14(18)10-12/h3-11H,1-2H3/b8-6+. The highest BCUT2D eigenvalue weighted by Gasteiger charge is 2.08. The lowest BCUT2D eigenvalue weighted by Crippen LogP contribution is -1.97. The molecule has 0 unspecified atom stereocenters. The van der Waals surface area contributed by atoms with Gasteiger partial charge in [0.25, 0.3) is 0 Å². The van der Waals surface area contributed by atoms with Gasteiger partial charge in [0.15, 0.2) is 17.3 Å². The fraction of sp³-hybridized carbons (Fsp3) is 0.118. The van der Waals surface area contributed by atoms with E-state index in [-0.39, 0.29) is 11.6 Å². The summed E-state index contributed by atoms with van der Waals surface area (Å²) in [5.41, 5.74) is 1.10. The second-order valence-corrected chi connectivity index (χ2v) is 4.32. The van der Waals surface area contributed by atoms with Crippen LogP contribution in [-0.2, 0) is 0 Å². The van der Waals surface area contributed by atoms with Crippen molar-refractivity contribution in [1.82, 2.24) is 0 Å². The Bertz CT molecular complexity index is 677. The monoisotopic (exact) mass is 286 g/mol. The third kappa shape index (κ3) is 3.69. The van der Waals surface area contributed by atoms with Crippen molar-refractivity contribution >= 4 is 11.9 Å². The average molecular weight is 286 g/mol. The molecule has 3 nitrogen and oxygen atoms in total. The molecule has 2 aromatic carbocycles. The molecule has 2 aromatic rings. The van der Waals surface area contributed by atoms with Gasteiger partial charge in [-0.1, -0.05) is 18.2 Å². The largest absolute Gasteiger partial charge is 0.493 e. The Balaban J connectivity index is 2.20. The number of hydrogen-bond acceptors (Lipinski definition) is 3. The first kappa shape index (κ1) is 14.8. The van der Waals surface area contributed by atoms with Crippen LogP contribution in [0.5, 0.6) is 11.5 Å². The molecule has 0 spiro atoms. The predicted molar refractivity (Wildman–Crippen MR) is 79.3 cm³/mol. The van der Waals surface area contributed by atoms with Crippen LogP contribution in [0.2, 0.25) is 0 Å². The molecule has 0 atom stereocenters. The van der Waals surface area contributed by atoms with Gasteiger partial charge < -0.3 is 9.47 Å². The van der Waals surface area contributed by atoms with Crippen molar-refractivity contribution in [2.45, 2.75) is 0 Å². The van der Waals surface area contributed by atoms with Gasteiger partial charge in [0, 0.05) is 5.56 Å². The molecule has 0 aliphatic rings. The summed E-state index contributed by atoms with van der Waals surface area (Å²) in [5.74, 6) is 0.515. The van der Waals surface area contributed by atoms with E-state index < -0.39 is 0 Å². The number of hydrogen-bond donors (Lipinski definition) is 0. The second kappa shape index (κ2) is 6.70. The molecule has 4 heteroatoms. The first-order chi connectivity index (χ1) is 10.1. The van der Waals surface area contributed by atoms with Crippen molar-refractivity contribution in [3.8, 4) is 11.5 Å². The molecule has 0 fully saturated rings. The van der Waals surface area contributed by atoms with Crippen LogP contribution in [0.4, 0.5) is 4.39 Å². The van der Waals surface area contributed by atoms with Gasteiger partial charge in [0.1, 0.15) is 5.82 Å². The molecule has 0 saturated carbocycles. The molecular weight excluding hydrogens is 271 g/mol. The van der Waals surface area contributed by atoms with Gasteiger partial charge >= 0.3 is 0 Å². The number of rotatable bonds is 5. The summed E-state index contributed by atoms with van der Waals surface area (Å²) in [6.45, 7) is 0. The zero-order valence-corrected chi connectivity index (χ0v) is 11.8. The Morgan fingerprint density at radius 1 is 1.05 bits per heavy atom. The number of ether oxygens (including phenoxy) is 2. The molecule has 2 rings (SSSR count). The predicted octanol–water partition coefficient (Wildman–Crippen LogP) is 3.74. The first-order valence-electron chi connectivity index (χ1n) is 6.34. The first-order valence-corrected chi connectivity index (χ1v) is 6.34. The van der Waals surface area contributed by atoms with E-state index in [9.17, 15) is 9.18 Å². The molecule has 0 aliphatic carbocycles. The van der Waals surface area contributed by atoms with Crippen molar-refractivity contribution in [2.24, 2.45) is 0 Å². The van der Waals surface area contributed by atoms with Crippen LogP contribution < -0.4 is 9.47 Å². The normalized spacial score (nSPS) is 10.6. The van der Waals surface area contributed by atoms with E-state index >= 15 is 0 Å². The van der Waals surface area contributed by atoms with Crippen LogP contribution in [0.1, 0.15) is 15.9 Å². The number of benzene rings is 2. The van der Waals surface area contributed by atoms with Crippen molar-refractivity contribution in [3.63, 3.8) is 0 Å². The Morgan fingerprint density at radius 3 is 2.48 bits per heavy atom. The summed E-state index contributed by atoms with van der Waals surface area (Å²) in [6.07, 6.45) is 2.97. The Kier molecular flexibility index (Phi) is 4.72. The molecule has 0 bridgehead atoms. The second-order valence-electron chi connectivity index (χ2n) is 4.32. The topological polar surface area (TPSA) is 35.5 Å². The number of ketones is 1. The molecule has 21 heavy (non-hydrogen) atoms. The lowest BCUT2D eigenvalue weighted by Gasteiger charge is -2.07. The van der Waals surface area contributed by atoms with Gasteiger partial charge in [-0.3, -0.25) is 4.79 Å². The average Bonchev–Trinajstić information content (AvgIpc) is 2.52. The third-order valence-corrected chi connectivity index (χ3v) is 2.94. The van der Waals surface area contributed by atoms with Crippen molar-refractivity contribution in [1.29, 1.82) is 0 Å². The van der Waals surface area contributed by atoms with Crippen LogP contribution in [0.3, 0.4) is 0 Å². The SMILES string of the molecule is COc1ccc(C(=O)/C=C/c2cccc(F)c2)cc1OC. The number of halogens is 1. The van der Waals surface area contributed by atoms with Crippen molar-refractivity contribution in [3.05, 3.63) is 65.5 Å². The van der Waals surface area contributed by atoms with Gasteiger partial charge in [-0.2, -0.15) is 0 Å². The van der Waals surface area contributed by atoms with Crippen molar-refractivity contribution in [2.75, 3.05) is 14.2 Å². The number of methoxy groups -OCH3 is 2. The van der Waals surface area contributed by atoms with Gasteiger partial charge in [0.2, 0.25) is 0 Å². The van der Waals surface area contributed by atoms with E-state index in [1.807, 2.05) is 0 Å². The van der Waals surface area contributed by atoms with E-state index in [1.54, 1.807) is 36.4 Å². The Labute approximate surface area is 122 Å². The number of carbonyl (C=O) groups excluding carboxylic acids is 1. The number of carbonyl (C=O) groups is 1. The van der Waals surface area contributed by atoms with Gasteiger partial charge in [0.05, 0.1) is 14.2 Å². The summed E-state index contributed by atoms with van der Waals surface area (Å²) < 4.78 is 23.3. The summed E-state index contributed by atoms with van der Waals surface area (Å²) >= 11 is 0. The molecule has 108 valence electrons. The zero-order chi connectivity index (χ0) is 15.2. The molecule has 0 aliphatic heterocycles. The van der Waals surface area contributed by atoms with E-state index in [1.165, 1.54) is 32.4 Å². The summed E-state index contributed by atoms with van der Waals surface area (Å²) in [7, 11) is 3.04. The zero-order valence-electron chi connectivity index (χ0n) is 11.8. The molecule has 0 aromatic heterocycles. The molecular formula is C17H15FO3. The minimum absolute atomic E-state index is 0.194. The van der Waals surface area contributed by atoms with Gasteiger partial charge in [-0.15, -0.1) is 0 Å². The minimum atomic E-state index is -0.337. The highest BCUT2D eigenvalue weighted by molar-refractivity contribution is 6.07. The van der Waals surface area contributed by atoms with E-state index in [4.69, 9.17) is 9.47 Å². The van der Waals surface area contributed by atoms with Crippen LogP contribution in [-0.4, -0.2) is 20.0 Å². The Morgan fingerprint density at radius 2 is 1.81 bits per heavy atom. The molecule has 0 heterocycles. The van der Waals surface area contributed by atoms with E-state index in [0.29, 0.717) is 22.6 Å². The molecule has 0 saturated heterocycles. The highest BCUT2D eigenvalue weighted by atomic mass is 19.1. The maximum absolute atomic E-state index is 13.0. The lowest BCUT2D eigenvalue weighted by molar-refractivity contribution is 0.104. The third-order valence-electron chi connectivity index (χ3n) is 2.94. The summed E-state index contributed by atoms with van der Waals surface area (Å²) in [5, 5.41) is 0. The fourth-order valence-corrected chi connectivity index (χ4v) is 1.87. The summed E-state index contributed by atoms with van der Waals surface area (Å²) in [4.78, 5) is 12.1. The maximum atomic E-state index is 13.0. The van der Waals surface area contributed by atoms with E-state index in [0.717, 1.165) is 0 Å². The smallest absolute Gasteiger partial charge is 0.185 e. The Hall–Kier alpha value is -2.62. The van der Waals surface area contributed by atoms with Crippen molar-refractivity contribution < 1.29 is 18.7 Å². The maximum Gasteiger partial charge on any atom is 0.185 e. The highest BCUT2D eigenvalue weighted by Crippen LogP contribution is 2.27. The number of allylic oxidation sites excluding steroid dienone is 1. The fourth-order valence-electron chi connectivity index (χ4n) is 1.87. The summed E-state index contributed by atoms with van der Waals surface area (Å²) in [6, 6.07) is 11.0. The molecule has 0 amide bonds. The van der Waals surface area contributed by atoms with Gasteiger partial charge in [-0.05, 0) is 42.0 Å². The quantitative estimate of drug-likeness (QED) is 0.620. The van der Waals surface area contributed by atoms with Crippen LogP contribution >= 0.6 is 0 Å². The lowest BCUT2D eigenvalue weighted by atomic mass is 10.1.